The molecule has 1 saturated heterocycles. The highest BCUT2D eigenvalue weighted by molar-refractivity contribution is 5.88. The van der Waals surface area contributed by atoms with Crippen LogP contribution in [0, 0.1) is 18.8 Å². The number of carboxylic acids is 1. The van der Waals surface area contributed by atoms with E-state index in [1.54, 1.807) is 6.92 Å². The van der Waals surface area contributed by atoms with Crippen molar-refractivity contribution >= 4 is 11.9 Å². The highest BCUT2D eigenvalue weighted by Crippen LogP contribution is 2.26. The van der Waals surface area contributed by atoms with Gasteiger partial charge in [0.15, 0.2) is 0 Å². The molecule has 1 aliphatic rings. The standard InChI is InChI=1S/C17H27N3O3/c1-11(2)12(3)9-16(21)19-7-5-14(6-8-19)20-13(4)15(10-18-20)17(22)23/h10-12,14H,5-9H2,1-4H3,(H,22,23). The molecule has 0 bridgehead atoms. The van der Waals surface area contributed by atoms with Gasteiger partial charge in [-0.25, -0.2) is 4.79 Å². The van der Waals surface area contributed by atoms with E-state index in [4.69, 9.17) is 5.11 Å². The Labute approximate surface area is 137 Å². The molecule has 1 fully saturated rings. The number of hydrogen-bond acceptors (Lipinski definition) is 3. The summed E-state index contributed by atoms with van der Waals surface area (Å²) in [7, 11) is 0. The minimum atomic E-state index is -0.941. The SMILES string of the molecule is Cc1c(C(=O)O)cnn1C1CCN(C(=O)CC(C)C(C)C)CC1. The Morgan fingerprint density at radius 2 is 1.91 bits per heavy atom. The highest BCUT2D eigenvalue weighted by Gasteiger charge is 2.27. The Morgan fingerprint density at radius 3 is 2.39 bits per heavy atom. The van der Waals surface area contributed by atoms with Crippen LogP contribution in [0.15, 0.2) is 6.20 Å². The Hall–Kier alpha value is -1.85. The Kier molecular flexibility index (Phi) is 5.44. The number of likely N-dealkylation sites (tertiary alicyclic amines) is 1. The number of piperidine rings is 1. The lowest BCUT2D eigenvalue weighted by Crippen LogP contribution is -2.40. The lowest BCUT2D eigenvalue weighted by Gasteiger charge is -2.33. The monoisotopic (exact) mass is 321 g/mol. The summed E-state index contributed by atoms with van der Waals surface area (Å²) in [4.78, 5) is 25.4. The van der Waals surface area contributed by atoms with Crippen LogP contribution in [0.1, 0.15) is 62.1 Å². The lowest BCUT2D eigenvalue weighted by atomic mass is 9.93. The summed E-state index contributed by atoms with van der Waals surface area (Å²) in [5, 5.41) is 13.3. The normalized spacial score (nSPS) is 17.5. The van der Waals surface area contributed by atoms with Crippen LogP contribution in [0.4, 0.5) is 0 Å². The Balaban J connectivity index is 1.94. The van der Waals surface area contributed by atoms with Crippen molar-refractivity contribution < 1.29 is 14.7 Å². The number of carbonyl (C=O) groups excluding carboxylic acids is 1. The predicted octanol–water partition coefficient (Wildman–Crippen LogP) is 2.74. The van der Waals surface area contributed by atoms with Crippen molar-refractivity contribution in [2.45, 2.75) is 53.0 Å². The van der Waals surface area contributed by atoms with Gasteiger partial charge in [-0.05, 0) is 31.6 Å². The Morgan fingerprint density at radius 1 is 1.30 bits per heavy atom. The molecule has 1 aromatic heterocycles. The molecule has 0 aliphatic carbocycles. The summed E-state index contributed by atoms with van der Waals surface area (Å²) < 4.78 is 1.81. The minimum Gasteiger partial charge on any atom is -0.478 e. The molecule has 0 radical (unpaired) electrons. The average Bonchev–Trinajstić information content (AvgIpc) is 2.89. The third kappa shape index (κ3) is 3.92. The number of carboxylic acid groups (broad SMARTS) is 1. The minimum absolute atomic E-state index is 0.176. The zero-order valence-corrected chi connectivity index (χ0v) is 14.5. The molecule has 1 N–H and O–H groups in total. The van der Waals surface area contributed by atoms with Gasteiger partial charge < -0.3 is 10.0 Å². The van der Waals surface area contributed by atoms with Crippen LogP contribution < -0.4 is 0 Å². The van der Waals surface area contributed by atoms with Crippen molar-refractivity contribution in [2.24, 2.45) is 11.8 Å². The summed E-state index contributed by atoms with van der Waals surface area (Å²) in [6, 6.07) is 0.176. The summed E-state index contributed by atoms with van der Waals surface area (Å²) in [5.74, 6) is 0.196. The van der Waals surface area contributed by atoms with E-state index in [0.29, 0.717) is 24.0 Å². The highest BCUT2D eigenvalue weighted by atomic mass is 16.4. The number of aromatic carboxylic acids is 1. The fourth-order valence-corrected chi connectivity index (χ4v) is 3.00. The van der Waals surface area contributed by atoms with E-state index >= 15 is 0 Å². The first kappa shape index (κ1) is 17.5. The maximum absolute atomic E-state index is 12.3. The molecule has 2 heterocycles. The summed E-state index contributed by atoms with van der Waals surface area (Å²) in [5.41, 5.74) is 0.949. The molecule has 128 valence electrons. The fourth-order valence-electron chi connectivity index (χ4n) is 3.00. The van der Waals surface area contributed by atoms with Gasteiger partial charge >= 0.3 is 5.97 Å². The van der Waals surface area contributed by atoms with Gasteiger partial charge in [-0.3, -0.25) is 9.48 Å². The number of nitrogens with zero attached hydrogens (tertiary/aromatic N) is 3. The van der Waals surface area contributed by atoms with Crippen LogP contribution in [0.5, 0.6) is 0 Å². The van der Waals surface area contributed by atoms with Crippen molar-refractivity contribution in [1.29, 1.82) is 0 Å². The largest absolute Gasteiger partial charge is 0.478 e. The second kappa shape index (κ2) is 7.15. The van der Waals surface area contributed by atoms with Crippen molar-refractivity contribution in [3.8, 4) is 0 Å². The van der Waals surface area contributed by atoms with E-state index in [-0.39, 0.29) is 17.5 Å². The van der Waals surface area contributed by atoms with Crippen molar-refractivity contribution in [3.63, 3.8) is 0 Å². The van der Waals surface area contributed by atoms with E-state index in [0.717, 1.165) is 25.9 Å². The second-order valence-electron chi connectivity index (χ2n) is 6.93. The fraction of sp³-hybridized carbons (Fsp3) is 0.706. The van der Waals surface area contributed by atoms with Crippen LogP contribution in [-0.4, -0.2) is 44.8 Å². The van der Waals surface area contributed by atoms with Crippen LogP contribution >= 0.6 is 0 Å². The number of rotatable bonds is 5. The molecule has 6 nitrogen and oxygen atoms in total. The van der Waals surface area contributed by atoms with Crippen molar-refractivity contribution in [2.75, 3.05) is 13.1 Å². The van der Waals surface area contributed by atoms with Crippen molar-refractivity contribution in [3.05, 3.63) is 17.5 Å². The number of hydrogen-bond donors (Lipinski definition) is 1. The molecule has 0 saturated carbocycles. The van der Waals surface area contributed by atoms with E-state index < -0.39 is 5.97 Å². The quantitative estimate of drug-likeness (QED) is 0.905. The van der Waals surface area contributed by atoms with Crippen LogP contribution in [0.25, 0.3) is 0 Å². The number of amides is 1. The van der Waals surface area contributed by atoms with E-state index in [9.17, 15) is 9.59 Å². The van der Waals surface area contributed by atoms with Crippen LogP contribution in [0.3, 0.4) is 0 Å². The maximum atomic E-state index is 12.3. The lowest BCUT2D eigenvalue weighted by molar-refractivity contribution is -0.133. The number of aromatic nitrogens is 2. The zero-order chi connectivity index (χ0) is 17.1. The van der Waals surface area contributed by atoms with E-state index in [2.05, 4.69) is 25.9 Å². The molecule has 1 amide bonds. The van der Waals surface area contributed by atoms with E-state index in [1.165, 1.54) is 6.20 Å². The molecular formula is C17H27N3O3. The van der Waals surface area contributed by atoms with Gasteiger partial charge in [0.25, 0.3) is 0 Å². The van der Waals surface area contributed by atoms with Gasteiger partial charge in [0.2, 0.25) is 5.91 Å². The van der Waals surface area contributed by atoms with Gasteiger partial charge in [0, 0.05) is 19.5 Å². The third-order valence-corrected chi connectivity index (χ3v) is 5.07. The summed E-state index contributed by atoms with van der Waals surface area (Å²) in [6.45, 7) is 9.63. The zero-order valence-electron chi connectivity index (χ0n) is 14.5. The van der Waals surface area contributed by atoms with Gasteiger partial charge in [-0.15, -0.1) is 0 Å². The molecule has 0 spiro atoms. The molecule has 1 aromatic rings. The van der Waals surface area contributed by atoms with E-state index in [1.807, 2.05) is 9.58 Å². The third-order valence-electron chi connectivity index (χ3n) is 5.07. The molecule has 6 heteroatoms. The van der Waals surface area contributed by atoms with Gasteiger partial charge in [-0.1, -0.05) is 20.8 Å². The molecule has 1 aliphatic heterocycles. The first-order chi connectivity index (χ1) is 10.8. The van der Waals surface area contributed by atoms with Gasteiger partial charge in [-0.2, -0.15) is 5.10 Å². The maximum Gasteiger partial charge on any atom is 0.339 e. The Bertz CT molecular complexity index is 572. The smallest absolute Gasteiger partial charge is 0.339 e. The summed E-state index contributed by atoms with van der Waals surface area (Å²) in [6.07, 6.45) is 3.67. The molecule has 2 rings (SSSR count). The second-order valence-corrected chi connectivity index (χ2v) is 6.93. The first-order valence-electron chi connectivity index (χ1n) is 8.36. The van der Waals surface area contributed by atoms with Gasteiger partial charge in [0.05, 0.1) is 17.9 Å². The molecule has 0 aromatic carbocycles. The van der Waals surface area contributed by atoms with Crippen molar-refractivity contribution in [1.82, 2.24) is 14.7 Å². The molecular weight excluding hydrogens is 294 g/mol. The topological polar surface area (TPSA) is 75.4 Å². The molecule has 1 atom stereocenters. The predicted molar refractivity (Wildman–Crippen MR) is 87.4 cm³/mol. The number of carbonyl (C=O) groups is 2. The first-order valence-corrected chi connectivity index (χ1v) is 8.36. The molecule has 23 heavy (non-hydrogen) atoms. The molecule has 1 unspecified atom stereocenters. The van der Waals surface area contributed by atoms with Gasteiger partial charge in [0.1, 0.15) is 5.56 Å². The summed E-state index contributed by atoms with van der Waals surface area (Å²) >= 11 is 0. The van der Waals surface area contributed by atoms with Crippen LogP contribution in [0.2, 0.25) is 0 Å². The van der Waals surface area contributed by atoms with Crippen LogP contribution in [-0.2, 0) is 4.79 Å². The average molecular weight is 321 g/mol.